The molecule has 0 radical (unpaired) electrons. The van der Waals surface area contributed by atoms with Crippen LogP contribution >= 0.6 is 23.2 Å². The minimum Gasteiger partial charge on any atom is -0.368 e. The van der Waals surface area contributed by atoms with Gasteiger partial charge in [0.25, 0.3) is 5.91 Å². The van der Waals surface area contributed by atoms with Crippen molar-refractivity contribution in [1.82, 2.24) is 5.32 Å². The van der Waals surface area contributed by atoms with E-state index in [9.17, 15) is 9.59 Å². The molecule has 6 heteroatoms. The molecule has 0 spiro atoms. The molecule has 0 aliphatic heterocycles. The normalized spacial score (nSPS) is 11.9. The van der Waals surface area contributed by atoms with E-state index in [4.69, 9.17) is 28.9 Å². The number of rotatable bonds is 3. The van der Waals surface area contributed by atoms with E-state index >= 15 is 0 Å². The average Bonchev–Trinajstić information content (AvgIpc) is 2.16. The summed E-state index contributed by atoms with van der Waals surface area (Å²) in [5.41, 5.74) is 5.27. The molecule has 1 unspecified atom stereocenters. The van der Waals surface area contributed by atoms with Crippen molar-refractivity contribution in [2.75, 3.05) is 0 Å². The quantitative estimate of drug-likeness (QED) is 0.867. The predicted octanol–water partition coefficient (Wildman–Crippen LogP) is 1.60. The molecule has 3 N–H and O–H groups in total. The molecular formula is C10H10Cl2N2O2. The lowest BCUT2D eigenvalue weighted by Crippen LogP contribution is -2.42. The van der Waals surface area contributed by atoms with E-state index < -0.39 is 17.9 Å². The highest BCUT2D eigenvalue weighted by Crippen LogP contribution is 2.20. The fourth-order valence-corrected chi connectivity index (χ4v) is 1.51. The molecule has 0 heterocycles. The minimum absolute atomic E-state index is 0.224. The van der Waals surface area contributed by atoms with E-state index in [1.54, 1.807) is 0 Å². The molecule has 0 saturated carbocycles. The Kier molecular flexibility index (Phi) is 4.15. The van der Waals surface area contributed by atoms with Gasteiger partial charge in [-0.05, 0) is 25.1 Å². The van der Waals surface area contributed by atoms with Gasteiger partial charge in [0.1, 0.15) is 6.04 Å². The van der Waals surface area contributed by atoms with Crippen molar-refractivity contribution < 1.29 is 9.59 Å². The van der Waals surface area contributed by atoms with Gasteiger partial charge in [-0.15, -0.1) is 0 Å². The Hall–Kier alpha value is -1.26. The number of nitrogens with one attached hydrogen (secondary N) is 1. The second-order valence-electron chi connectivity index (χ2n) is 3.22. The van der Waals surface area contributed by atoms with E-state index in [0.717, 1.165) is 0 Å². The highest BCUT2D eigenvalue weighted by atomic mass is 35.5. The van der Waals surface area contributed by atoms with Gasteiger partial charge in [0, 0.05) is 5.02 Å². The van der Waals surface area contributed by atoms with Crippen molar-refractivity contribution >= 4 is 35.0 Å². The van der Waals surface area contributed by atoms with Crippen LogP contribution in [0.4, 0.5) is 0 Å². The second kappa shape index (κ2) is 5.18. The van der Waals surface area contributed by atoms with Crippen molar-refractivity contribution in [3.63, 3.8) is 0 Å². The van der Waals surface area contributed by atoms with Gasteiger partial charge in [-0.25, -0.2) is 0 Å². The number of halogens is 2. The van der Waals surface area contributed by atoms with Crippen LogP contribution in [0.25, 0.3) is 0 Å². The van der Waals surface area contributed by atoms with Crippen molar-refractivity contribution in [2.45, 2.75) is 13.0 Å². The van der Waals surface area contributed by atoms with E-state index in [1.807, 2.05) is 0 Å². The van der Waals surface area contributed by atoms with Gasteiger partial charge < -0.3 is 11.1 Å². The molecule has 1 rings (SSSR count). The Morgan fingerprint density at radius 3 is 2.50 bits per heavy atom. The minimum atomic E-state index is -0.751. The average molecular weight is 261 g/mol. The molecule has 1 atom stereocenters. The highest BCUT2D eigenvalue weighted by Gasteiger charge is 2.15. The van der Waals surface area contributed by atoms with Gasteiger partial charge in [0.15, 0.2) is 0 Å². The Bertz CT molecular complexity index is 435. The third-order valence-electron chi connectivity index (χ3n) is 1.95. The fourth-order valence-electron chi connectivity index (χ4n) is 1.02. The van der Waals surface area contributed by atoms with Crippen LogP contribution in [-0.4, -0.2) is 17.9 Å². The smallest absolute Gasteiger partial charge is 0.253 e. The highest BCUT2D eigenvalue weighted by molar-refractivity contribution is 6.36. The molecule has 0 fully saturated rings. The summed E-state index contributed by atoms with van der Waals surface area (Å²) in [4.78, 5) is 22.4. The molecule has 0 saturated heterocycles. The third-order valence-corrected chi connectivity index (χ3v) is 2.50. The van der Waals surface area contributed by atoms with Gasteiger partial charge in [-0.3, -0.25) is 9.59 Å². The van der Waals surface area contributed by atoms with Crippen LogP contribution in [0.5, 0.6) is 0 Å². The molecule has 1 aromatic rings. The zero-order valence-electron chi connectivity index (χ0n) is 8.46. The molecule has 86 valence electrons. The molecule has 16 heavy (non-hydrogen) atoms. The molecule has 0 aliphatic carbocycles. The standard InChI is InChI=1S/C10H10Cl2N2O2/c1-5(9(13)15)14-10(16)7-3-2-6(11)4-8(7)12/h2-5H,1H3,(H2,13,15)(H,14,16). The molecule has 4 nitrogen and oxygen atoms in total. The SMILES string of the molecule is CC(NC(=O)c1ccc(Cl)cc1Cl)C(N)=O. The topological polar surface area (TPSA) is 72.2 Å². The molecular weight excluding hydrogens is 251 g/mol. The molecule has 0 aromatic heterocycles. The summed E-state index contributed by atoms with van der Waals surface area (Å²) in [6, 6.07) is 3.72. The van der Waals surface area contributed by atoms with E-state index in [-0.39, 0.29) is 10.6 Å². The van der Waals surface area contributed by atoms with Crippen molar-refractivity contribution in [3.05, 3.63) is 33.8 Å². The van der Waals surface area contributed by atoms with Crippen molar-refractivity contribution in [3.8, 4) is 0 Å². The van der Waals surface area contributed by atoms with Gasteiger partial charge >= 0.3 is 0 Å². The Balaban J connectivity index is 2.85. The number of carbonyl (C=O) groups is 2. The van der Waals surface area contributed by atoms with E-state index in [1.165, 1.54) is 25.1 Å². The van der Waals surface area contributed by atoms with Crippen LogP contribution in [-0.2, 0) is 4.79 Å². The monoisotopic (exact) mass is 260 g/mol. The fraction of sp³-hybridized carbons (Fsp3) is 0.200. The lowest BCUT2D eigenvalue weighted by Gasteiger charge is -2.10. The second-order valence-corrected chi connectivity index (χ2v) is 4.07. The Morgan fingerprint density at radius 2 is 2.00 bits per heavy atom. The number of benzene rings is 1. The van der Waals surface area contributed by atoms with Gasteiger partial charge in [0.05, 0.1) is 10.6 Å². The lowest BCUT2D eigenvalue weighted by atomic mass is 10.2. The number of hydrogen-bond acceptors (Lipinski definition) is 2. The number of carbonyl (C=O) groups excluding carboxylic acids is 2. The zero-order chi connectivity index (χ0) is 12.3. The van der Waals surface area contributed by atoms with Crippen LogP contribution in [0, 0.1) is 0 Å². The summed E-state index contributed by atoms with van der Waals surface area (Å²) < 4.78 is 0. The first kappa shape index (κ1) is 12.8. The summed E-state index contributed by atoms with van der Waals surface area (Å²) in [7, 11) is 0. The Morgan fingerprint density at radius 1 is 1.38 bits per heavy atom. The molecule has 0 aliphatic rings. The number of nitrogens with two attached hydrogens (primary N) is 1. The summed E-state index contributed by atoms with van der Waals surface area (Å²) in [6.07, 6.45) is 0. The maximum Gasteiger partial charge on any atom is 0.253 e. The van der Waals surface area contributed by atoms with Crippen LogP contribution < -0.4 is 11.1 Å². The van der Waals surface area contributed by atoms with Crippen LogP contribution in [0.3, 0.4) is 0 Å². The van der Waals surface area contributed by atoms with Crippen LogP contribution in [0.2, 0.25) is 10.0 Å². The number of primary amides is 1. The van der Waals surface area contributed by atoms with Crippen LogP contribution in [0.1, 0.15) is 17.3 Å². The number of amides is 2. The molecule has 2 amide bonds. The molecule has 0 bridgehead atoms. The van der Waals surface area contributed by atoms with Crippen molar-refractivity contribution in [2.24, 2.45) is 5.73 Å². The Labute approximate surface area is 103 Å². The summed E-state index contributed by atoms with van der Waals surface area (Å²) >= 11 is 11.5. The van der Waals surface area contributed by atoms with Gasteiger partial charge in [-0.1, -0.05) is 23.2 Å². The van der Waals surface area contributed by atoms with E-state index in [2.05, 4.69) is 5.32 Å². The van der Waals surface area contributed by atoms with Gasteiger partial charge in [0.2, 0.25) is 5.91 Å². The third kappa shape index (κ3) is 3.12. The first-order valence-corrected chi connectivity index (χ1v) is 5.22. The van der Waals surface area contributed by atoms with Crippen LogP contribution in [0.15, 0.2) is 18.2 Å². The number of hydrogen-bond donors (Lipinski definition) is 2. The van der Waals surface area contributed by atoms with E-state index in [0.29, 0.717) is 5.02 Å². The summed E-state index contributed by atoms with van der Waals surface area (Å²) in [5, 5.41) is 3.07. The van der Waals surface area contributed by atoms with Crippen molar-refractivity contribution in [1.29, 1.82) is 0 Å². The summed E-state index contributed by atoms with van der Waals surface area (Å²) in [6.45, 7) is 1.49. The maximum absolute atomic E-state index is 11.6. The van der Waals surface area contributed by atoms with Gasteiger partial charge in [-0.2, -0.15) is 0 Å². The summed E-state index contributed by atoms with van der Waals surface area (Å²) in [5.74, 6) is -1.08. The lowest BCUT2D eigenvalue weighted by molar-refractivity contribution is -0.119. The largest absolute Gasteiger partial charge is 0.368 e. The molecule has 1 aromatic carbocycles. The first-order valence-electron chi connectivity index (χ1n) is 4.47. The first-order chi connectivity index (χ1) is 7.41. The predicted molar refractivity (Wildman–Crippen MR) is 62.6 cm³/mol. The zero-order valence-corrected chi connectivity index (χ0v) is 9.97. The maximum atomic E-state index is 11.6.